The second-order valence-corrected chi connectivity index (χ2v) is 11.7. The first-order valence-electron chi connectivity index (χ1n) is 13.4. The van der Waals surface area contributed by atoms with Crippen LogP contribution in [0.4, 0.5) is 0 Å². The van der Waals surface area contributed by atoms with Gasteiger partial charge in [-0.3, -0.25) is 4.99 Å². The molecule has 0 aliphatic carbocycles. The Morgan fingerprint density at radius 3 is 2.49 bits per heavy atom. The van der Waals surface area contributed by atoms with E-state index in [0.29, 0.717) is 0 Å². The predicted octanol–water partition coefficient (Wildman–Crippen LogP) is 9.56. The van der Waals surface area contributed by atoms with Crippen LogP contribution in [0.5, 0.6) is 0 Å². The Balaban J connectivity index is 1.33. The van der Waals surface area contributed by atoms with Crippen LogP contribution in [0.1, 0.15) is 23.6 Å². The predicted molar refractivity (Wildman–Crippen MR) is 167 cm³/mol. The van der Waals surface area contributed by atoms with E-state index >= 15 is 0 Å². The van der Waals surface area contributed by atoms with Crippen LogP contribution in [0.15, 0.2) is 126 Å². The molecule has 1 aliphatic heterocycles. The zero-order chi connectivity index (χ0) is 26.0. The van der Waals surface area contributed by atoms with Crippen molar-refractivity contribution in [2.24, 2.45) is 4.99 Å². The lowest BCUT2D eigenvalue weighted by atomic mass is 9.82. The summed E-state index contributed by atoms with van der Waals surface area (Å²) in [4.78, 5) is 6.37. The molecule has 0 fully saturated rings. The summed E-state index contributed by atoms with van der Waals surface area (Å²) in [5.74, 6) is 0. The highest BCUT2D eigenvalue weighted by Gasteiger charge is 2.30. The van der Waals surface area contributed by atoms with Crippen molar-refractivity contribution in [3.8, 4) is 16.1 Å². The molecular weight excluding hydrogens is 492 g/mol. The van der Waals surface area contributed by atoms with Crippen molar-refractivity contribution in [2.45, 2.75) is 18.9 Å². The van der Waals surface area contributed by atoms with Gasteiger partial charge in [0.2, 0.25) is 0 Å². The van der Waals surface area contributed by atoms with E-state index < -0.39 is 0 Å². The number of aliphatic imine (C=N–C) groups is 1. The Hall–Kier alpha value is -4.47. The highest BCUT2D eigenvalue weighted by molar-refractivity contribution is 7.23. The Labute approximate surface area is 231 Å². The summed E-state index contributed by atoms with van der Waals surface area (Å²) >= 11 is 1.89. The van der Waals surface area contributed by atoms with Crippen LogP contribution in [0, 0.1) is 0 Å². The Morgan fingerprint density at radius 2 is 1.56 bits per heavy atom. The van der Waals surface area contributed by atoms with E-state index in [1.165, 1.54) is 64.7 Å². The second-order valence-electron chi connectivity index (χ2n) is 10.7. The molecule has 0 amide bonds. The zero-order valence-electron chi connectivity index (χ0n) is 21.6. The van der Waals surface area contributed by atoms with Crippen molar-refractivity contribution in [1.29, 1.82) is 0 Å². The van der Waals surface area contributed by atoms with Crippen molar-refractivity contribution in [3.63, 3.8) is 0 Å². The average molecular weight is 519 g/mol. The van der Waals surface area contributed by atoms with Gasteiger partial charge < -0.3 is 4.57 Å². The Kier molecular flexibility index (Phi) is 4.92. The molecule has 1 atom stereocenters. The van der Waals surface area contributed by atoms with Gasteiger partial charge in [0.05, 0.1) is 16.6 Å². The minimum atomic E-state index is -0.297. The van der Waals surface area contributed by atoms with Gasteiger partial charge in [-0.25, -0.2) is 0 Å². The van der Waals surface area contributed by atoms with Crippen molar-refractivity contribution in [2.75, 3.05) is 0 Å². The fraction of sp³-hybridized carbons (Fsp3) is 0.0833. The molecule has 0 spiro atoms. The lowest BCUT2D eigenvalue weighted by molar-refractivity contribution is 0.491. The van der Waals surface area contributed by atoms with Gasteiger partial charge in [0, 0.05) is 38.7 Å². The summed E-state index contributed by atoms with van der Waals surface area (Å²) in [7, 11) is 0. The highest BCUT2D eigenvalue weighted by atomic mass is 32.1. The largest absolute Gasteiger partial charge is 0.309 e. The fourth-order valence-corrected chi connectivity index (χ4v) is 7.40. The quantitative estimate of drug-likeness (QED) is 0.222. The van der Waals surface area contributed by atoms with Crippen LogP contribution < -0.4 is 0 Å². The van der Waals surface area contributed by atoms with Crippen LogP contribution in [0.25, 0.3) is 48.0 Å². The maximum absolute atomic E-state index is 5.06. The summed E-state index contributed by atoms with van der Waals surface area (Å²) in [5.41, 5.74) is 8.43. The van der Waals surface area contributed by atoms with Crippen LogP contribution in [0.2, 0.25) is 0 Å². The molecule has 0 saturated carbocycles. The third-order valence-electron chi connectivity index (χ3n) is 8.18. The summed E-state index contributed by atoms with van der Waals surface area (Å²) in [6.07, 6.45) is 2.94. The maximum Gasteiger partial charge on any atom is 0.0869 e. The molecular formula is C36H26N2S. The van der Waals surface area contributed by atoms with Crippen LogP contribution in [0.3, 0.4) is 0 Å². The molecule has 7 aromatic rings. The van der Waals surface area contributed by atoms with Crippen LogP contribution in [-0.4, -0.2) is 10.8 Å². The molecule has 1 aliphatic rings. The molecule has 0 saturated heterocycles. The molecule has 0 radical (unpaired) electrons. The first-order chi connectivity index (χ1) is 19.2. The van der Waals surface area contributed by atoms with E-state index in [-0.39, 0.29) is 5.54 Å². The summed E-state index contributed by atoms with van der Waals surface area (Å²) in [6.45, 7) is 2.25. The maximum atomic E-state index is 5.06. The number of rotatable bonds is 3. The average Bonchev–Trinajstić information content (AvgIpc) is 3.57. The topological polar surface area (TPSA) is 17.3 Å². The molecule has 8 rings (SSSR count). The van der Waals surface area contributed by atoms with Gasteiger partial charge in [-0.1, -0.05) is 91.0 Å². The number of aromatic nitrogens is 1. The lowest BCUT2D eigenvalue weighted by Gasteiger charge is -2.30. The van der Waals surface area contributed by atoms with E-state index in [4.69, 9.17) is 4.99 Å². The van der Waals surface area contributed by atoms with Crippen LogP contribution in [-0.2, 0) is 12.0 Å². The van der Waals surface area contributed by atoms with Gasteiger partial charge in [0.25, 0.3) is 0 Å². The molecule has 39 heavy (non-hydrogen) atoms. The first-order valence-corrected chi connectivity index (χ1v) is 14.2. The van der Waals surface area contributed by atoms with Gasteiger partial charge >= 0.3 is 0 Å². The molecule has 1 unspecified atom stereocenters. The molecule has 3 heteroatoms. The third-order valence-corrected chi connectivity index (χ3v) is 9.40. The Morgan fingerprint density at radius 1 is 0.744 bits per heavy atom. The molecule has 2 nitrogen and oxygen atoms in total. The molecule has 186 valence electrons. The second kappa shape index (κ2) is 8.52. The third kappa shape index (κ3) is 3.50. The molecule has 0 N–H and O–H groups in total. The lowest BCUT2D eigenvalue weighted by Crippen LogP contribution is -2.26. The van der Waals surface area contributed by atoms with E-state index in [2.05, 4.69) is 133 Å². The van der Waals surface area contributed by atoms with Crippen molar-refractivity contribution < 1.29 is 0 Å². The monoisotopic (exact) mass is 518 g/mol. The van der Waals surface area contributed by atoms with E-state index in [1.807, 2.05) is 17.6 Å². The minimum absolute atomic E-state index is 0.297. The van der Waals surface area contributed by atoms with E-state index in [0.717, 1.165) is 6.42 Å². The number of para-hydroxylation sites is 1. The van der Waals surface area contributed by atoms with E-state index in [1.54, 1.807) is 0 Å². The normalized spacial score (nSPS) is 16.7. The summed E-state index contributed by atoms with van der Waals surface area (Å²) < 4.78 is 3.78. The fourth-order valence-electron chi connectivity index (χ4n) is 6.18. The number of hydrogen-bond acceptors (Lipinski definition) is 2. The number of fused-ring (bicyclic) bond motifs is 6. The smallest absolute Gasteiger partial charge is 0.0869 e. The van der Waals surface area contributed by atoms with Crippen molar-refractivity contribution in [1.82, 2.24) is 4.57 Å². The SMILES string of the molecule is CC1(c2cccc(-n3c4ccccc4c4c5sc(-c6ccccc6)cc5ccc43)c2)Cc2ccccc2C=N1. The number of nitrogens with zero attached hydrogens (tertiary/aromatic N) is 2. The first kappa shape index (κ1) is 22.5. The minimum Gasteiger partial charge on any atom is -0.309 e. The van der Waals surface area contributed by atoms with Gasteiger partial charge in [0.15, 0.2) is 0 Å². The van der Waals surface area contributed by atoms with Crippen molar-refractivity contribution in [3.05, 3.63) is 138 Å². The number of hydrogen-bond donors (Lipinski definition) is 0. The molecule has 2 aromatic heterocycles. The molecule has 0 bridgehead atoms. The van der Waals surface area contributed by atoms with Gasteiger partial charge in [0.1, 0.15) is 0 Å². The van der Waals surface area contributed by atoms with Gasteiger partial charge in [-0.05, 0) is 64.9 Å². The standard InChI is InChI=1S/C36H26N2S/c1-36(22-26-12-5-6-13-27(26)23-37-36)28-14-9-15-29(21-28)38-31-17-8-7-16-30(31)34-32(38)19-18-25-20-33(39-35(25)34)24-10-3-2-4-11-24/h2-21,23H,22H2,1H3. The van der Waals surface area contributed by atoms with E-state index in [9.17, 15) is 0 Å². The zero-order valence-corrected chi connectivity index (χ0v) is 22.5. The molecule has 3 heterocycles. The van der Waals surface area contributed by atoms with Gasteiger partial charge in [-0.15, -0.1) is 11.3 Å². The number of thiophene rings is 1. The Bertz CT molecular complexity index is 2060. The van der Waals surface area contributed by atoms with Crippen LogP contribution >= 0.6 is 11.3 Å². The van der Waals surface area contributed by atoms with Gasteiger partial charge in [-0.2, -0.15) is 0 Å². The highest BCUT2D eigenvalue weighted by Crippen LogP contribution is 2.43. The molecule has 5 aromatic carbocycles. The summed E-state index contributed by atoms with van der Waals surface area (Å²) in [6, 6.07) is 44.0. The summed E-state index contributed by atoms with van der Waals surface area (Å²) in [5, 5.41) is 3.92. The van der Waals surface area contributed by atoms with Crippen molar-refractivity contribution >= 4 is 49.4 Å². The number of benzene rings is 5.